The first-order valence-electron chi connectivity index (χ1n) is 9.58. The van der Waals surface area contributed by atoms with Crippen LogP contribution in [0.3, 0.4) is 0 Å². The first-order valence-corrected chi connectivity index (χ1v) is 9.58. The van der Waals surface area contributed by atoms with Gasteiger partial charge < -0.3 is 10.1 Å². The van der Waals surface area contributed by atoms with E-state index >= 15 is 0 Å². The number of ketones is 1. The van der Waals surface area contributed by atoms with Gasteiger partial charge in [-0.25, -0.2) is 4.79 Å². The molecule has 4 rings (SSSR count). The van der Waals surface area contributed by atoms with Gasteiger partial charge >= 0.3 is 5.97 Å². The monoisotopic (exact) mass is 403 g/mol. The Morgan fingerprint density at radius 1 is 1.07 bits per heavy atom. The lowest BCUT2D eigenvalue weighted by Gasteiger charge is -2.28. The summed E-state index contributed by atoms with van der Waals surface area (Å²) < 4.78 is 6.45. The van der Waals surface area contributed by atoms with Crippen molar-refractivity contribution in [2.75, 3.05) is 12.4 Å². The fourth-order valence-corrected chi connectivity index (χ4v) is 3.50. The van der Waals surface area contributed by atoms with Crippen LogP contribution in [-0.4, -0.2) is 39.1 Å². The Hall–Kier alpha value is -3.81. The Balaban J connectivity index is 1.92. The zero-order valence-electron chi connectivity index (χ0n) is 16.9. The second-order valence-corrected chi connectivity index (χ2v) is 7.27. The van der Waals surface area contributed by atoms with Crippen LogP contribution in [0.2, 0.25) is 0 Å². The van der Waals surface area contributed by atoms with Crippen molar-refractivity contribution in [3.8, 4) is 0 Å². The molecular formula is C22H21N5O3. The van der Waals surface area contributed by atoms with Crippen LogP contribution in [0.15, 0.2) is 65.9 Å². The number of carbonyl (C=O) groups is 2. The molecule has 1 N–H and O–H groups in total. The number of hydrogen-bond acceptors (Lipinski definition) is 7. The largest absolute Gasteiger partial charge is 0.464 e. The van der Waals surface area contributed by atoms with Gasteiger partial charge in [0.1, 0.15) is 11.7 Å². The van der Waals surface area contributed by atoms with Crippen LogP contribution in [0, 0.1) is 0 Å². The molecule has 1 atom stereocenters. The highest BCUT2D eigenvalue weighted by Crippen LogP contribution is 2.37. The maximum Gasteiger partial charge on any atom is 0.355 e. The van der Waals surface area contributed by atoms with E-state index in [4.69, 9.17) is 4.74 Å². The minimum absolute atomic E-state index is 0.0339. The van der Waals surface area contributed by atoms with Gasteiger partial charge in [-0.1, -0.05) is 73.5 Å². The number of esters is 1. The van der Waals surface area contributed by atoms with Gasteiger partial charge in [0.15, 0.2) is 5.78 Å². The van der Waals surface area contributed by atoms with Crippen molar-refractivity contribution in [2.45, 2.75) is 25.8 Å². The third-order valence-corrected chi connectivity index (χ3v) is 5.11. The van der Waals surface area contributed by atoms with Crippen molar-refractivity contribution in [2.24, 2.45) is 0 Å². The van der Waals surface area contributed by atoms with Crippen LogP contribution in [0.25, 0.3) is 0 Å². The number of Topliss-reactive ketones (excluding diaryl/α,β-unsaturated/α-hetero) is 1. The Labute approximate surface area is 173 Å². The fraction of sp³-hybridized carbons (Fsp3) is 0.227. The van der Waals surface area contributed by atoms with Crippen molar-refractivity contribution >= 4 is 17.7 Å². The maximum atomic E-state index is 13.5. The average molecular weight is 403 g/mol. The summed E-state index contributed by atoms with van der Waals surface area (Å²) in [4.78, 5) is 26.1. The highest BCUT2D eigenvalue weighted by atomic mass is 16.5. The summed E-state index contributed by atoms with van der Waals surface area (Å²) >= 11 is 0. The Kier molecular flexibility index (Phi) is 5.14. The zero-order chi connectivity index (χ0) is 21.3. The molecular weight excluding hydrogens is 382 g/mol. The number of anilines is 1. The topological polar surface area (TPSA) is 99.0 Å². The van der Waals surface area contributed by atoms with Crippen LogP contribution in [0.4, 0.5) is 5.95 Å². The van der Waals surface area contributed by atoms with E-state index in [1.165, 1.54) is 11.8 Å². The number of fused-ring (bicyclic) bond motifs is 1. The third kappa shape index (κ3) is 3.36. The molecule has 0 saturated heterocycles. The minimum Gasteiger partial charge on any atom is -0.464 e. The van der Waals surface area contributed by atoms with Crippen LogP contribution in [0.5, 0.6) is 0 Å². The summed E-state index contributed by atoms with van der Waals surface area (Å²) in [5.41, 5.74) is 2.67. The Morgan fingerprint density at radius 3 is 2.40 bits per heavy atom. The SMILES string of the molecule is COC(=O)C1=C(C(=O)c2ccccc2)[C@@H](c2ccc(C(C)C)cc2)n2nnnc2N1. The number of allylic oxidation sites excluding steroid dienone is 1. The average Bonchev–Trinajstić information content (AvgIpc) is 3.26. The lowest BCUT2D eigenvalue weighted by atomic mass is 9.88. The molecule has 0 aliphatic carbocycles. The zero-order valence-corrected chi connectivity index (χ0v) is 16.9. The standard InChI is InChI=1S/C22H21N5O3/c1-13(2)14-9-11-15(12-10-14)19-17(20(28)16-7-5-4-6-8-16)18(21(29)30-3)23-22-24-25-26-27(19)22/h4-13,19H,1-3H3,(H,23,24,26)/t19-/m1/s1. The van der Waals surface area contributed by atoms with E-state index in [2.05, 4.69) is 34.7 Å². The molecule has 1 aliphatic heterocycles. The first-order chi connectivity index (χ1) is 14.5. The van der Waals surface area contributed by atoms with Gasteiger partial charge in [0.05, 0.1) is 12.7 Å². The van der Waals surface area contributed by atoms with E-state index in [0.717, 1.165) is 11.1 Å². The molecule has 0 bridgehead atoms. The van der Waals surface area contributed by atoms with Gasteiger partial charge in [-0.15, -0.1) is 0 Å². The predicted octanol–water partition coefficient (Wildman–Crippen LogP) is 3.12. The highest BCUT2D eigenvalue weighted by molar-refractivity contribution is 6.14. The van der Waals surface area contributed by atoms with Gasteiger partial charge in [0.2, 0.25) is 5.95 Å². The highest BCUT2D eigenvalue weighted by Gasteiger charge is 2.38. The van der Waals surface area contributed by atoms with E-state index in [9.17, 15) is 9.59 Å². The molecule has 2 heterocycles. The molecule has 0 saturated carbocycles. The number of aromatic nitrogens is 4. The molecule has 0 fully saturated rings. The number of ether oxygens (including phenoxy) is 1. The predicted molar refractivity (Wildman–Crippen MR) is 110 cm³/mol. The second-order valence-electron chi connectivity index (χ2n) is 7.27. The molecule has 30 heavy (non-hydrogen) atoms. The van der Waals surface area contributed by atoms with Crippen LogP contribution in [0.1, 0.15) is 47.3 Å². The minimum atomic E-state index is -0.681. The number of carbonyl (C=O) groups excluding carboxylic acids is 2. The second kappa shape index (κ2) is 7.90. The number of methoxy groups -OCH3 is 1. The van der Waals surface area contributed by atoms with Crippen molar-refractivity contribution in [1.29, 1.82) is 0 Å². The van der Waals surface area contributed by atoms with Crippen LogP contribution in [-0.2, 0) is 9.53 Å². The number of rotatable bonds is 5. The van der Waals surface area contributed by atoms with E-state index in [1.807, 2.05) is 30.3 Å². The molecule has 0 amide bonds. The summed E-state index contributed by atoms with van der Waals surface area (Å²) in [6.07, 6.45) is 0. The molecule has 2 aromatic carbocycles. The van der Waals surface area contributed by atoms with Crippen molar-refractivity contribution in [3.05, 3.63) is 82.6 Å². The van der Waals surface area contributed by atoms with E-state index in [0.29, 0.717) is 11.5 Å². The quantitative estimate of drug-likeness (QED) is 0.516. The molecule has 3 aromatic rings. The molecule has 0 unspecified atom stereocenters. The van der Waals surface area contributed by atoms with Gasteiger partial charge in [0, 0.05) is 5.56 Å². The fourth-order valence-electron chi connectivity index (χ4n) is 3.50. The summed E-state index contributed by atoms with van der Waals surface area (Å²) in [5.74, 6) is -0.338. The summed E-state index contributed by atoms with van der Waals surface area (Å²) in [7, 11) is 1.27. The molecule has 1 aliphatic rings. The van der Waals surface area contributed by atoms with E-state index in [-0.39, 0.29) is 23.0 Å². The van der Waals surface area contributed by atoms with Gasteiger partial charge in [-0.3, -0.25) is 4.79 Å². The molecule has 152 valence electrons. The van der Waals surface area contributed by atoms with E-state index < -0.39 is 12.0 Å². The number of nitrogens with zero attached hydrogens (tertiary/aromatic N) is 4. The third-order valence-electron chi connectivity index (χ3n) is 5.11. The smallest absolute Gasteiger partial charge is 0.355 e. The molecule has 8 heteroatoms. The van der Waals surface area contributed by atoms with E-state index in [1.54, 1.807) is 24.3 Å². The van der Waals surface area contributed by atoms with Gasteiger partial charge in [-0.2, -0.15) is 4.68 Å². The number of tetrazole rings is 1. The number of benzene rings is 2. The summed E-state index contributed by atoms with van der Waals surface area (Å²) in [6, 6.07) is 16.0. The molecule has 1 aromatic heterocycles. The van der Waals surface area contributed by atoms with Crippen molar-refractivity contribution < 1.29 is 14.3 Å². The van der Waals surface area contributed by atoms with Crippen molar-refractivity contribution in [3.63, 3.8) is 0 Å². The maximum absolute atomic E-state index is 13.5. The molecule has 0 spiro atoms. The Bertz CT molecular complexity index is 1120. The van der Waals surface area contributed by atoms with Crippen LogP contribution >= 0.6 is 0 Å². The van der Waals surface area contributed by atoms with Crippen molar-refractivity contribution in [1.82, 2.24) is 20.2 Å². The lowest BCUT2D eigenvalue weighted by molar-refractivity contribution is -0.136. The Morgan fingerprint density at radius 2 is 1.77 bits per heavy atom. The normalized spacial score (nSPS) is 15.5. The van der Waals surface area contributed by atoms with Gasteiger partial charge in [0.25, 0.3) is 0 Å². The molecule has 0 radical (unpaired) electrons. The molecule has 8 nitrogen and oxygen atoms in total. The summed E-state index contributed by atoms with van der Waals surface area (Å²) in [5, 5.41) is 14.6. The van der Waals surface area contributed by atoms with Crippen LogP contribution < -0.4 is 5.32 Å². The summed E-state index contributed by atoms with van der Waals surface area (Å²) in [6.45, 7) is 4.22. The number of nitrogens with one attached hydrogen (secondary N) is 1. The lowest BCUT2D eigenvalue weighted by Crippen LogP contribution is -2.32. The van der Waals surface area contributed by atoms with Gasteiger partial charge in [-0.05, 0) is 27.5 Å². The number of hydrogen-bond donors (Lipinski definition) is 1. The first kappa shape index (κ1) is 19.5.